The summed E-state index contributed by atoms with van der Waals surface area (Å²) in [5, 5.41) is 0. The molecule has 21 heavy (non-hydrogen) atoms. The van der Waals surface area contributed by atoms with Crippen LogP contribution in [0, 0.1) is 0 Å². The fourth-order valence-electron chi connectivity index (χ4n) is 2.20. The first-order valence-corrected chi connectivity index (χ1v) is 6.63. The van der Waals surface area contributed by atoms with E-state index in [0.717, 1.165) is 5.56 Å². The maximum absolute atomic E-state index is 11.8. The van der Waals surface area contributed by atoms with Crippen LogP contribution in [-0.2, 0) is 23.8 Å². The number of carbonyl (C=O) groups is 2. The molecule has 0 bridgehead atoms. The number of cyclic esters (lactones) is 2. The minimum Gasteiger partial charge on any atom is -0.458 e. The van der Waals surface area contributed by atoms with Crippen molar-refractivity contribution in [2.75, 3.05) is 0 Å². The quantitative estimate of drug-likeness (QED) is 0.485. The molecule has 2 atom stereocenters. The lowest BCUT2D eigenvalue weighted by molar-refractivity contribution is -0.152. The smallest absolute Gasteiger partial charge is 0.337 e. The average molecular weight is 286 g/mol. The van der Waals surface area contributed by atoms with Crippen molar-refractivity contribution >= 4 is 11.9 Å². The highest BCUT2D eigenvalue weighted by atomic mass is 16.7. The van der Waals surface area contributed by atoms with Crippen molar-refractivity contribution in [3.8, 4) is 0 Å². The van der Waals surface area contributed by atoms with E-state index >= 15 is 0 Å². The summed E-state index contributed by atoms with van der Waals surface area (Å²) in [6, 6.07) is 9.52. The van der Waals surface area contributed by atoms with Gasteiger partial charge in [0.15, 0.2) is 0 Å². The van der Waals surface area contributed by atoms with E-state index in [1.807, 2.05) is 30.3 Å². The van der Waals surface area contributed by atoms with Crippen molar-refractivity contribution in [2.45, 2.75) is 25.7 Å². The molecule has 1 aromatic carbocycles. The zero-order chi connectivity index (χ0) is 14.8. The van der Waals surface area contributed by atoms with E-state index in [-0.39, 0.29) is 6.10 Å². The van der Waals surface area contributed by atoms with Crippen molar-refractivity contribution in [1.82, 2.24) is 0 Å². The molecule has 0 amide bonds. The van der Waals surface area contributed by atoms with Gasteiger partial charge in [-0.3, -0.25) is 0 Å². The molecular formula is C16H14O5. The normalized spacial score (nSPS) is 26.5. The first kappa shape index (κ1) is 13.4. The van der Waals surface area contributed by atoms with Crippen LogP contribution in [0.4, 0.5) is 0 Å². The molecule has 0 radical (unpaired) electrons. The summed E-state index contributed by atoms with van der Waals surface area (Å²) < 4.78 is 15.5. The van der Waals surface area contributed by atoms with Gasteiger partial charge in [0.1, 0.15) is 6.10 Å². The monoisotopic (exact) mass is 286 g/mol. The first-order chi connectivity index (χ1) is 10.1. The highest BCUT2D eigenvalue weighted by molar-refractivity contribution is 5.91. The Morgan fingerprint density at radius 3 is 2.57 bits per heavy atom. The topological polar surface area (TPSA) is 61.8 Å². The molecule has 3 rings (SSSR count). The van der Waals surface area contributed by atoms with Gasteiger partial charge in [-0.1, -0.05) is 30.3 Å². The van der Waals surface area contributed by atoms with Crippen molar-refractivity contribution in [2.24, 2.45) is 0 Å². The lowest BCUT2D eigenvalue weighted by Crippen LogP contribution is -2.10. The summed E-state index contributed by atoms with van der Waals surface area (Å²) in [6.07, 6.45) is 2.25. The van der Waals surface area contributed by atoms with Gasteiger partial charge in [-0.15, -0.1) is 0 Å². The lowest BCUT2D eigenvalue weighted by Gasteiger charge is -2.07. The second-order valence-corrected chi connectivity index (χ2v) is 4.91. The number of rotatable bonds is 3. The lowest BCUT2D eigenvalue weighted by atomic mass is 10.1. The summed E-state index contributed by atoms with van der Waals surface area (Å²) in [4.78, 5) is 23.0. The zero-order valence-electron chi connectivity index (χ0n) is 11.4. The molecule has 0 saturated carbocycles. The van der Waals surface area contributed by atoms with Crippen LogP contribution in [0.5, 0.6) is 0 Å². The van der Waals surface area contributed by atoms with Crippen LogP contribution < -0.4 is 0 Å². The number of benzene rings is 1. The van der Waals surface area contributed by atoms with Gasteiger partial charge in [0, 0.05) is 18.1 Å². The number of hydrogen-bond donors (Lipinski definition) is 0. The fourth-order valence-corrected chi connectivity index (χ4v) is 2.20. The summed E-state index contributed by atoms with van der Waals surface area (Å²) in [7, 11) is 0. The maximum Gasteiger partial charge on any atom is 0.337 e. The number of hydrogen-bond acceptors (Lipinski definition) is 5. The predicted molar refractivity (Wildman–Crippen MR) is 72.7 cm³/mol. The molecule has 1 aromatic rings. The third-order valence-electron chi connectivity index (χ3n) is 3.36. The van der Waals surface area contributed by atoms with Crippen LogP contribution in [0.15, 0.2) is 53.8 Å². The molecule has 5 nitrogen and oxygen atoms in total. The van der Waals surface area contributed by atoms with Gasteiger partial charge >= 0.3 is 11.9 Å². The number of ether oxygens (including phenoxy) is 3. The molecule has 0 N–H and O–H groups in total. The van der Waals surface area contributed by atoms with E-state index < -0.39 is 18.2 Å². The highest BCUT2D eigenvalue weighted by Gasteiger charge is 2.31. The van der Waals surface area contributed by atoms with Crippen LogP contribution in [0.2, 0.25) is 0 Å². The summed E-state index contributed by atoms with van der Waals surface area (Å²) in [6.45, 7) is 1.65. The van der Waals surface area contributed by atoms with Gasteiger partial charge in [-0.2, -0.15) is 0 Å². The Morgan fingerprint density at radius 2 is 1.90 bits per heavy atom. The molecule has 108 valence electrons. The van der Waals surface area contributed by atoms with Gasteiger partial charge in [0.2, 0.25) is 0 Å². The van der Waals surface area contributed by atoms with Crippen LogP contribution >= 0.6 is 0 Å². The van der Waals surface area contributed by atoms with E-state index in [1.54, 1.807) is 13.0 Å². The Hall–Kier alpha value is -2.56. The predicted octanol–water partition coefficient (Wildman–Crippen LogP) is 2.40. The Labute approximate surface area is 121 Å². The molecule has 0 unspecified atom stereocenters. The summed E-state index contributed by atoms with van der Waals surface area (Å²) in [5.41, 5.74) is 1.87. The third-order valence-corrected chi connectivity index (χ3v) is 3.36. The standard InChI is InChI=1S/C16H14O5/c1-10-7-14(21-15(10)17)19-9-12-8-13(20-16(12)18)11-5-3-2-4-6-11/h2-7,9,13-14H,8H2,1H3/b12-9+/t13-,14-/m1/s1. The maximum atomic E-state index is 11.8. The van der Waals surface area contributed by atoms with E-state index in [9.17, 15) is 9.59 Å². The average Bonchev–Trinajstić information content (AvgIpc) is 3.01. The summed E-state index contributed by atoms with van der Waals surface area (Å²) in [5.74, 6) is -0.816. The fraction of sp³-hybridized carbons (Fsp3) is 0.250. The van der Waals surface area contributed by atoms with Gasteiger partial charge in [0.25, 0.3) is 6.29 Å². The molecule has 2 aliphatic rings. The highest BCUT2D eigenvalue weighted by Crippen LogP contribution is 2.33. The Balaban J connectivity index is 1.66. The second kappa shape index (κ2) is 5.44. The van der Waals surface area contributed by atoms with Crippen LogP contribution in [0.25, 0.3) is 0 Å². The van der Waals surface area contributed by atoms with E-state index in [4.69, 9.17) is 14.2 Å². The minimum absolute atomic E-state index is 0.294. The number of esters is 2. The molecule has 5 heteroatoms. The van der Waals surface area contributed by atoms with Crippen molar-refractivity contribution in [3.63, 3.8) is 0 Å². The molecule has 2 heterocycles. The molecule has 0 aromatic heterocycles. The minimum atomic E-state index is -0.770. The zero-order valence-corrected chi connectivity index (χ0v) is 11.4. The molecular weight excluding hydrogens is 272 g/mol. The second-order valence-electron chi connectivity index (χ2n) is 4.91. The molecule has 0 spiro atoms. The largest absolute Gasteiger partial charge is 0.458 e. The van der Waals surface area contributed by atoms with Crippen LogP contribution in [-0.4, -0.2) is 18.2 Å². The first-order valence-electron chi connectivity index (χ1n) is 6.63. The Bertz CT molecular complexity index is 629. The van der Waals surface area contributed by atoms with Gasteiger partial charge < -0.3 is 14.2 Å². The van der Waals surface area contributed by atoms with Crippen molar-refractivity contribution in [3.05, 3.63) is 59.4 Å². The Kier molecular flexibility index (Phi) is 3.48. The van der Waals surface area contributed by atoms with Gasteiger partial charge in [0.05, 0.1) is 11.8 Å². The molecule has 0 aliphatic carbocycles. The van der Waals surface area contributed by atoms with Crippen molar-refractivity contribution < 1.29 is 23.8 Å². The SMILES string of the molecule is CC1=C[C@H](O/C=C2\C[C@H](c3ccccc3)OC2=O)OC1=O. The van der Waals surface area contributed by atoms with E-state index in [0.29, 0.717) is 17.6 Å². The molecule has 2 aliphatic heterocycles. The van der Waals surface area contributed by atoms with Gasteiger partial charge in [-0.05, 0) is 12.5 Å². The van der Waals surface area contributed by atoms with E-state index in [2.05, 4.69) is 0 Å². The van der Waals surface area contributed by atoms with E-state index in [1.165, 1.54) is 6.26 Å². The molecule has 1 saturated heterocycles. The third kappa shape index (κ3) is 2.81. The number of carbonyl (C=O) groups excluding carboxylic acids is 2. The Morgan fingerprint density at radius 1 is 1.14 bits per heavy atom. The van der Waals surface area contributed by atoms with Crippen LogP contribution in [0.1, 0.15) is 25.0 Å². The van der Waals surface area contributed by atoms with Crippen LogP contribution in [0.3, 0.4) is 0 Å². The molecule has 1 fully saturated rings. The summed E-state index contributed by atoms with van der Waals surface area (Å²) >= 11 is 0. The van der Waals surface area contributed by atoms with Crippen molar-refractivity contribution in [1.29, 1.82) is 0 Å². The van der Waals surface area contributed by atoms with Gasteiger partial charge in [-0.25, -0.2) is 9.59 Å².